The highest BCUT2D eigenvalue weighted by Crippen LogP contribution is 2.28. The molecular weight excluding hydrogens is 354 g/mol. The molecule has 0 saturated carbocycles. The molecule has 5 nitrogen and oxygen atoms in total. The van der Waals surface area contributed by atoms with Gasteiger partial charge in [-0.2, -0.15) is 0 Å². The number of halogens is 2. The largest absolute Gasteiger partial charge is 0.389 e. The van der Waals surface area contributed by atoms with Gasteiger partial charge in [-0.25, -0.2) is 15.0 Å². The molecule has 0 aromatic carbocycles. The van der Waals surface area contributed by atoms with Gasteiger partial charge in [-0.05, 0) is 0 Å². The molecule has 2 aromatic rings. The molecule has 7 heteroatoms. The lowest BCUT2D eigenvalue weighted by Crippen LogP contribution is -2.08. The van der Waals surface area contributed by atoms with Gasteiger partial charge in [0.2, 0.25) is 0 Å². The van der Waals surface area contributed by atoms with Gasteiger partial charge < -0.3 is 9.67 Å². The molecule has 2 heterocycles. The molecule has 88 valence electrons. The summed E-state index contributed by atoms with van der Waals surface area (Å²) in [7, 11) is 0. The molecule has 0 spiro atoms. The number of aliphatic hydroxyl groups is 1. The molecule has 0 bridgehead atoms. The van der Waals surface area contributed by atoms with Gasteiger partial charge in [0.1, 0.15) is 5.52 Å². The van der Waals surface area contributed by atoms with Crippen LogP contribution < -0.4 is 0 Å². The number of allylic oxidation sites excluding steroid dienone is 1. The van der Waals surface area contributed by atoms with Crippen molar-refractivity contribution in [2.45, 2.75) is 18.6 Å². The van der Waals surface area contributed by atoms with Gasteiger partial charge in [0.05, 0.1) is 18.5 Å². The average Bonchev–Trinajstić information content (AvgIpc) is 2.83. The molecule has 2 aromatic heterocycles. The molecule has 1 N–H and O–H groups in total. The van der Waals surface area contributed by atoms with Crippen molar-refractivity contribution in [2.24, 2.45) is 0 Å². The van der Waals surface area contributed by atoms with Crippen LogP contribution in [0.2, 0.25) is 5.15 Å². The number of aromatic nitrogens is 4. The number of fused-ring (bicyclic) bond motifs is 1. The van der Waals surface area contributed by atoms with E-state index in [1.54, 1.807) is 12.4 Å². The summed E-state index contributed by atoms with van der Waals surface area (Å²) in [5.41, 5.74) is 1.31. The maximum atomic E-state index is 9.50. The van der Waals surface area contributed by atoms with Crippen molar-refractivity contribution >= 4 is 45.4 Å². The highest BCUT2D eigenvalue weighted by atomic mass is 127. The summed E-state index contributed by atoms with van der Waals surface area (Å²) >= 11 is 8.03. The Morgan fingerprint density at radius 1 is 1.41 bits per heavy atom. The topological polar surface area (TPSA) is 63.8 Å². The molecule has 0 fully saturated rings. The quantitative estimate of drug-likeness (QED) is 0.364. The summed E-state index contributed by atoms with van der Waals surface area (Å²) in [6, 6.07) is 0.0803. The zero-order valence-corrected chi connectivity index (χ0v) is 11.5. The van der Waals surface area contributed by atoms with E-state index in [0.29, 0.717) is 26.6 Å². The smallest absolute Gasteiger partial charge is 0.194 e. The molecule has 0 aliphatic heterocycles. The summed E-state index contributed by atoms with van der Waals surface area (Å²) in [5, 5.41) is 9.86. The minimum atomic E-state index is -0.395. The van der Waals surface area contributed by atoms with Crippen molar-refractivity contribution in [2.75, 3.05) is 0 Å². The monoisotopic (exact) mass is 362 g/mol. The molecule has 0 saturated heterocycles. The molecule has 2 atom stereocenters. The SMILES string of the molecule is OC1C=CC(n2cnc3c(Cl)nc(I)nc32)C1. The second-order valence-electron chi connectivity index (χ2n) is 3.86. The van der Waals surface area contributed by atoms with E-state index in [0.717, 1.165) is 0 Å². The fourth-order valence-corrected chi connectivity index (χ4v) is 2.79. The second-order valence-corrected chi connectivity index (χ2v) is 5.19. The van der Waals surface area contributed by atoms with Crippen LogP contribution >= 0.6 is 34.2 Å². The van der Waals surface area contributed by atoms with E-state index in [1.165, 1.54) is 0 Å². The minimum Gasteiger partial charge on any atom is -0.389 e. The third-order valence-electron chi connectivity index (χ3n) is 2.75. The number of aliphatic hydroxyl groups excluding tert-OH is 1. The van der Waals surface area contributed by atoms with E-state index in [-0.39, 0.29) is 6.04 Å². The van der Waals surface area contributed by atoms with Crippen LogP contribution in [-0.2, 0) is 0 Å². The maximum absolute atomic E-state index is 9.50. The van der Waals surface area contributed by atoms with Crippen molar-refractivity contribution in [3.63, 3.8) is 0 Å². The first kappa shape index (κ1) is 11.4. The summed E-state index contributed by atoms with van der Waals surface area (Å²) in [4.78, 5) is 12.6. The number of rotatable bonds is 1. The summed E-state index contributed by atoms with van der Waals surface area (Å²) in [6.07, 6.45) is 5.67. The van der Waals surface area contributed by atoms with Crippen molar-refractivity contribution in [1.29, 1.82) is 0 Å². The Morgan fingerprint density at radius 2 is 2.24 bits per heavy atom. The number of hydrogen-bond acceptors (Lipinski definition) is 4. The molecule has 17 heavy (non-hydrogen) atoms. The molecule has 1 aliphatic rings. The minimum absolute atomic E-state index is 0.0803. The van der Waals surface area contributed by atoms with Crippen molar-refractivity contribution in [3.05, 3.63) is 27.5 Å². The second kappa shape index (κ2) is 4.18. The van der Waals surface area contributed by atoms with Gasteiger partial charge in [0.25, 0.3) is 0 Å². The standard InChI is InChI=1S/C10H8ClIN4O/c11-8-7-9(15-10(12)14-8)16(4-13-7)5-1-2-6(17)3-5/h1-2,4-6,17H,3H2. The van der Waals surface area contributed by atoms with E-state index in [9.17, 15) is 5.11 Å². The van der Waals surface area contributed by atoms with Crippen LogP contribution in [0.5, 0.6) is 0 Å². The van der Waals surface area contributed by atoms with Gasteiger partial charge >= 0.3 is 0 Å². The zero-order valence-electron chi connectivity index (χ0n) is 8.59. The van der Waals surface area contributed by atoms with Crippen molar-refractivity contribution < 1.29 is 5.11 Å². The predicted octanol–water partition coefficient (Wildman–Crippen LogP) is 1.95. The van der Waals surface area contributed by atoms with Crippen molar-refractivity contribution in [3.8, 4) is 0 Å². The normalized spacial score (nSPS) is 23.7. The van der Waals surface area contributed by atoms with Crippen LogP contribution in [0.4, 0.5) is 0 Å². The number of imidazole rings is 1. The number of hydrogen-bond donors (Lipinski definition) is 1. The van der Waals surface area contributed by atoms with E-state index in [1.807, 2.05) is 33.2 Å². The first-order chi connectivity index (χ1) is 8.15. The first-order valence-electron chi connectivity index (χ1n) is 5.07. The first-order valence-corrected chi connectivity index (χ1v) is 6.53. The van der Waals surface area contributed by atoms with Crippen molar-refractivity contribution in [1.82, 2.24) is 19.5 Å². The third kappa shape index (κ3) is 1.94. The van der Waals surface area contributed by atoms with Gasteiger partial charge in [-0.1, -0.05) is 23.8 Å². The number of nitrogens with zero attached hydrogens (tertiary/aromatic N) is 4. The average molecular weight is 363 g/mol. The molecule has 0 amide bonds. The summed E-state index contributed by atoms with van der Waals surface area (Å²) < 4.78 is 2.50. The molecule has 3 rings (SSSR count). The van der Waals surface area contributed by atoms with E-state index in [2.05, 4.69) is 15.0 Å². The van der Waals surface area contributed by atoms with Crippen LogP contribution in [0.1, 0.15) is 12.5 Å². The third-order valence-corrected chi connectivity index (χ3v) is 3.49. The highest BCUT2D eigenvalue weighted by molar-refractivity contribution is 14.1. The van der Waals surface area contributed by atoms with Crippen LogP contribution in [0.15, 0.2) is 18.5 Å². The van der Waals surface area contributed by atoms with Crippen LogP contribution in [0.25, 0.3) is 11.2 Å². The molecule has 1 aliphatic carbocycles. The molecule has 2 unspecified atom stereocenters. The fourth-order valence-electron chi connectivity index (χ4n) is 1.97. The van der Waals surface area contributed by atoms with E-state index < -0.39 is 6.10 Å². The van der Waals surface area contributed by atoms with Crippen LogP contribution in [0, 0.1) is 3.83 Å². The van der Waals surface area contributed by atoms with Crippen LogP contribution in [-0.4, -0.2) is 30.7 Å². The Labute approximate surface area is 116 Å². The summed E-state index contributed by atoms with van der Waals surface area (Å²) in [5.74, 6) is 0. The van der Waals surface area contributed by atoms with Gasteiger partial charge in [0.15, 0.2) is 14.6 Å². The predicted molar refractivity (Wildman–Crippen MR) is 71.9 cm³/mol. The molecular formula is C10H8ClIN4O. The van der Waals surface area contributed by atoms with Gasteiger partial charge in [-0.15, -0.1) is 0 Å². The van der Waals surface area contributed by atoms with Crippen LogP contribution in [0.3, 0.4) is 0 Å². The lowest BCUT2D eigenvalue weighted by atomic mass is 10.2. The zero-order chi connectivity index (χ0) is 12.0. The highest BCUT2D eigenvalue weighted by Gasteiger charge is 2.21. The fraction of sp³-hybridized carbons (Fsp3) is 0.300. The Hall–Kier alpha value is -0.730. The Morgan fingerprint density at radius 3 is 2.94 bits per heavy atom. The Kier molecular flexibility index (Phi) is 2.80. The van der Waals surface area contributed by atoms with E-state index in [4.69, 9.17) is 11.6 Å². The van der Waals surface area contributed by atoms with E-state index >= 15 is 0 Å². The maximum Gasteiger partial charge on any atom is 0.194 e. The lowest BCUT2D eigenvalue weighted by Gasteiger charge is -2.11. The van der Waals surface area contributed by atoms with Gasteiger partial charge in [0, 0.05) is 29.0 Å². The lowest BCUT2D eigenvalue weighted by molar-refractivity contribution is 0.211. The molecule has 0 radical (unpaired) electrons. The Balaban J connectivity index is 2.15. The van der Waals surface area contributed by atoms with Gasteiger partial charge in [-0.3, -0.25) is 0 Å². The summed E-state index contributed by atoms with van der Waals surface area (Å²) in [6.45, 7) is 0. The Bertz CT molecular complexity index is 612.